The van der Waals surface area contributed by atoms with Crippen molar-refractivity contribution in [3.05, 3.63) is 6.33 Å². The molecule has 0 spiro atoms. The zero-order chi connectivity index (χ0) is 8.60. The summed E-state index contributed by atoms with van der Waals surface area (Å²) in [5, 5.41) is 4.06. The van der Waals surface area contributed by atoms with E-state index in [1.165, 1.54) is 19.3 Å². The normalized spacial score (nSPS) is 20.4. The lowest BCUT2D eigenvalue weighted by atomic mass is 9.70. The molecule has 66 valence electrons. The van der Waals surface area contributed by atoms with Gasteiger partial charge in [-0.1, -0.05) is 13.3 Å². The van der Waals surface area contributed by atoms with E-state index in [1.54, 1.807) is 6.33 Å². The summed E-state index contributed by atoms with van der Waals surface area (Å²) in [5.41, 5.74) is 5.86. The summed E-state index contributed by atoms with van der Waals surface area (Å²) in [5.74, 6) is 0.373. The number of nitrogens with two attached hydrogens (primary N) is 1. The first kappa shape index (κ1) is 7.58. The van der Waals surface area contributed by atoms with E-state index in [4.69, 9.17) is 5.73 Å². The third-order valence-electron chi connectivity index (χ3n) is 2.66. The topological polar surface area (TPSA) is 56.7 Å². The lowest BCUT2D eigenvalue weighted by Crippen LogP contribution is -2.30. The van der Waals surface area contributed by atoms with Crippen molar-refractivity contribution in [3.63, 3.8) is 0 Å². The fourth-order valence-electron chi connectivity index (χ4n) is 1.71. The molecule has 1 heterocycles. The van der Waals surface area contributed by atoms with Gasteiger partial charge in [0.25, 0.3) is 0 Å². The molecule has 12 heavy (non-hydrogen) atoms. The fraction of sp³-hybridized carbons (Fsp3) is 0.750. The maximum atomic E-state index is 5.41. The number of anilines is 1. The maximum Gasteiger partial charge on any atom is 0.239 e. The molecule has 2 rings (SSSR count). The molecule has 4 nitrogen and oxygen atoms in total. The average molecular weight is 166 g/mol. The van der Waals surface area contributed by atoms with E-state index < -0.39 is 0 Å². The number of nitrogens with zero attached hydrogens (tertiary/aromatic N) is 3. The van der Waals surface area contributed by atoms with Crippen LogP contribution in [0.3, 0.4) is 0 Å². The number of nitrogen functional groups attached to an aromatic ring is 1. The van der Waals surface area contributed by atoms with Crippen molar-refractivity contribution in [2.75, 3.05) is 5.73 Å². The SMILES string of the molecule is CC1(Cn2cnc(N)n2)CCC1. The molecule has 0 atom stereocenters. The second-order valence-electron chi connectivity index (χ2n) is 3.96. The molecule has 0 aliphatic heterocycles. The monoisotopic (exact) mass is 166 g/mol. The number of hydrogen-bond acceptors (Lipinski definition) is 3. The highest BCUT2D eigenvalue weighted by molar-refractivity contribution is 5.09. The minimum Gasteiger partial charge on any atom is -0.367 e. The third-order valence-corrected chi connectivity index (χ3v) is 2.66. The van der Waals surface area contributed by atoms with Gasteiger partial charge in [0.2, 0.25) is 5.95 Å². The molecule has 1 aromatic rings. The molecular formula is C8H14N4. The van der Waals surface area contributed by atoms with Gasteiger partial charge in [0, 0.05) is 6.54 Å². The molecule has 1 aliphatic carbocycles. The van der Waals surface area contributed by atoms with Gasteiger partial charge in [0.05, 0.1) is 0 Å². The molecule has 4 heteroatoms. The maximum absolute atomic E-state index is 5.41. The minimum absolute atomic E-state index is 0.373. The molecule has 1 fully saturated rings. The van der Waals surface area contributed by atoms with Crippen LogP contribution in [-0.2, 0) is 6.54 Å². The zero-order valence-electron chi connectivity index (χ0n) is 7.32. The van der Waals surface area contributed by atoms with E-state index in [2.05, 4.69) is 17.0 Å². The Balaban J connectivity index is 2.03. The van der Waals surface area contributed by atoms with Crippen molar-refractivity contribution in [3.8, 4) is 0 Å². The molecule has 0 amide bonds. The Kier molecular flexibility index (Phi) is 1.56. The van der Waals surface area contributed by atoms with Crippen molar-refractivity contribution in [2.45, 2.75) is 32.7 Å². The summed E-state index contributed by atoms with van der Waals surface area (Å²) in [4.78, 5) is 3.89. The number of hydrogen-bond donors (Lipinski definition) is 1. The predicted octanol–water partition coefficient (Wildman–Crippen LogP) is 1.05. The van der Waals surface area contributed by atoms with E-state index >= 15 is 0 Å². The highest BCUT2D eigenvalue weighted by Gasteiger charge is 2.32. The molecule has 0 aromatic carbocycles. The standard InChI is InChI=1S/C8H14N4/c1-8(3-2-4-8)5-12-6-10-7(9)11-12/h6H,2-5H2,1H3,(H2,9,11). The Morgan fingerprint density at radius 2 is 2.42 bits per heavy atom. The smallest absolute Gasteiger partial charge is 0.239 e. The van der Waals surface area contributed by atoms with Crippen LogP contribution in [-0.4, -0.2) is 14.8 Å². The van der Waals surface area contributed by atoms with Gasteiger partial charge in [-0.15, -0.1) is 5.10 Å². The van der Waals surface area contributed by atoms with Crippen LogP contribution in [0.4, 0.5) is 5.95 Å². The third kappa shape index (κ3) is 1.29. The summed E-state index contributed by atoms with van der Waals surface area (Å²) >= 11 is 0. The van der Waals surface area contributed by atoms with E-state index in [1.807, 2.05) is 4.68 Å². The molecular weight excluding hydrogens is 152 g/mol. The first-order valence-electron chi connectivity index (χ1n) is 4.33. The molecule has 0 saturated heterocycles. The lowest BCUT2D eigenvalue weighted by molar-refractivity contribution is 0.126. The van der Waals surface area contributed by atoms with Gasteiger partial charge < -0.3 is 5.73 Å². The van der Waals surface area contributed by atoms with Crippen LogP contribution in [0, 0.1) is 5.41 Å². The molecule has 1 aliphatic rings. The van der Waals surface area contributed by atoms with Gasteiger partial charge in [0.15, 0.2) is 0 Å². The van der Waals surface area contributed by atoms with Crippen molar-refractivity contribution in [1.29, 1.82) is 0 Å². The van der Waals surface area contributed by atoms with Crippen LogP contribution >= 0.6 is 0 Å². The van der Waals surface area contributed by atoms with Crippen molar-refractivity contribution in [1.82, 2.24) is 14.8 Å². The van der Waals surface area contributed by atoms with Gasteiger partial charge in [-0.05, 0) is 18.3 Å². The zero-order valence-corrected chi connectivity index (χ0v) is 7.32. The molecule has 0 bridgehead atoms. The van der Waals surface area contributed by atoms with E-state index in [0.717, 1.165) is 6.54 Å². The van der Waals surface area contributed by atoms with E-state index in [0.29, 0.717) is 11.4 Å². The summed E-state index contributed by atoms with van der Waals surface area (Å²) in [6, 6.07) is 0. The molecule has 0 radical (unpaired) electrons. The molecule has 2 N–H and O–H groups in total. The van der Waals surface area contributed by atoms with Crippen LogP contribution in [0.15, 0.2) is 6.33 Å². The Hall–Kier alpha value is -1.06. The summed E-state index contributed by atoms with van der Waals surface area (Å²) in [7, 11) is 0. The Bertz CT molecular complexity index is 274. The van der Waals surface area contributed by atoms with Gasteiger partial charge in [-0.2, -0.15) is 0 Å². The molecule has 1 saturated carbocycles. The highest BCUT2D eigenvalue weighted by atomic mass is 15.4. The van der Waals surface area contributed by atoms with E-state index in [9.17, 15) is 0 Å². The van der Waals surface area contributed by atoms with Gasteiger partial charge in [-0.3, -0.25) is 4.68 Å². The lowest BCUT2D eigenvalue weighted by Gasteiger charge is -2.37. The second kappa shape index (κ2) is 2.47. The van der Waals surface area contributed by atoms with Gasteiger partial charge in [0.1, 0.15) is 6.33 Å². The van der Waals surface area contributed by atoms with Crippen LogP contribution in [0.25, 0.3) is 0 Å². The van der Waals surface area contributed by atoms with E-state index in [-0.39, 0.29) is 0 Å². The minimum atomic E-state index is 0.373. The van der Waals surface area contributed by atoms with Crippen LogP contribution in [0.5, 0.6) is 0 Å². The second-order valence-corrected chi connectivity index (χ2v) is 3.96. The van der Waals surface area contributed by atoms with Crippen molar-refractivity contribution >= 4 is 5.95 Å². The Morgan fingerprint density at radius 1 is 1.67 bits per heavy atom. The van der Waals surface area contributed by atoms with Crippen LogP contribution in [0.2, 0.25) is 0 Å². The van der Waals surface area contributed by atoms with Gasteiger partial charge >= 0.3 is 0 Å². The summed E-state index contributed by atoms with van der Waals surface area (Å²) in [6.45, 7) is 3.24. The predicted molar refractivity (Wildman–Crippen MR) is 46.4 cm³/mol. The van der Waals surface area contributed by atoms with Crippen LogP contribution < -0.4 is 5.73 Å². The first-order valence-corrected chi connectivity index (χ1v) is 4.33. The fourth-order valence-corrected chi connectivity index (χ4v) is 1.71. The largest absolute Gasteiger partial charge is 0.367 e. The Labute approximate surface area is 71.8 Å². The van der Waals surface area contributed by atoms with Crippen LogP contribution in [0.1, 0.15) is 26.2 Å². The summed E-state index contributed by atoms with van der Waals surface area (Å²) in [6.07, 6.45) is 5.65. The Morgan fingerprint density at radius 3 is 2.83 bits per heavy atom. The number of rotatable bonds is 2. The first-order chi connectivity index (χ1) is 5.68. The quantitative estimate of drug-likeness (QED) is 0.714. The van der Waals surface area contributed by atoms with Crippen molar-refractivity contribution < 1.29 is 0 Å². The summed E-state index contributed by atoms with van der Waals surface area (Å²) < 4.78 is 1.84. The van der Waals surface area contributed by atoms with Crippen molar-refractivity contribution in [2.24, 2.45) is 5.41 Å². The highest BCUT2D eigenvalue weighted by Crippen LogP contribution is 2.41. The molecule has 0 unspecified atom stereocenters. The molecule has 1 aromatic heterocycles. The number of aromatic nitrogens is 3. The average Bonchev–Trinajstić information content (AvgIpc) is 2.32. The van der Waals surface area contributed by atoms with Gasteiger partial charge in [-0.25, -0.2) is 4.98 Å².